The average molecular weight is 399 g/mol. The van der Waals surface area contributed by atoms with Gasteiger partial charge in [0.15, 0.2) is 18.2 Å². The number of halogens is 5. The molecule has 0 radical (unpaired) electrons. The Hall–Kier alpha value is -3.11. The SMILES string of the molecule is C=N/N=C(\OCC(F)(F)F)c1cnc(NC2(c3ccc(F)c(F)c3)CC2)nc1. The predicted octanol–water partition coefficient (Wildman–Crippen LogP) is 3.80. The molecule has 148 valence electrons. The molecule has 1 heterocycles. The van der Waals surface area contributed by atoms with E-state index in [0.717, 1.165) is 12.1 Å². The lowest BCUT2D eigenvalue weighted by atomic mass is 10.0. The molecule has 0 saturated heterocycles. The van der Waals surface area contributed by atoms with Crippen molar-refractivity contribution < 1.29 is 26.7 Å². The summed E-state index contributed by atoms with van der Waals surface area (Å²) in [5.41, 5.74) is -0.00632. The number of hydrogen-bond donors (Lipinski definition) is 1. The maximum Gasteiger partial charge on any atom is 0.422 e. The Kier molecular flexibility index (Phi) is 5.25. The smallest absolute Gasteiger partial charge is 0.422 e. The zero-order chi connectivity index (χ0) is 20.4. The minimum atomic E-state index is -4.55. The standard InChI is InChI=1S/C17H14F5N5O/c1-23-27-14(28-9-17(20,21)22)10-7-24-15(25-8-10)26-16(4-5-16)11-2-3-12(18)13(19)6-11/h2-3,6-8H,1,4-5,9H2,(H,24,25,26)/b27-14-. The van der Waals surface area contributed by atoms with Crippen LogP contribution in [0.4, 0.5) is 27.9 Å². The summed E-state index contributed by atoms with van der Waals surface area (Å²) in [5.74, 6) is -2.17. The lowest BCUT2D eigenvalue weighted by Crippen LogP contribution is -2.22. The van der Waals surface area contributed by atoms with Gasteiger partial charge < -0.3 is 10.1 Å². The highest BCUT2D eigenvalue weighted by molar-refractivity contribution is 5.93. The summed E-state index contributed by atoms with van der Waals surface area (Å²) in [6.07, 6.45) is -0.822. The van der Waals surface area contributed by atoms with Crippen molar-refractivity contribution >= 4 is 18.6 Å². The Morgan fingerprint density at radius 2 is 1.86 bits per heavy atom. The number of hydrogen-bond acceptors (Lipinski definition) is 6. The van der Waals surface area contributed by atoms with E-state index in [1.165, 1.54) is 18.5 Å². The lowest BCUT2D eigenvalue weighted by Gasteiger charge is -2.18. The lowest BCUT2D eigenvalue weighted by molar-refractivity contribution is -0.156. The van der Waals surface area contributed by atoms with Crippen molar-refractivity contribution in [1.82, 2.24) is 9.97 Å². The van der Waals surface area contributed by atoms with Crippen LogP contribution in [-0.2, 0) is 10.3 Å². The van der Waals surface area contributed by atoms with Crippen LogP contribution in [0.25, 0.3) is 0 Å². The molecule has 2 aromatic rings. The molecule has 1 aromatic heterocycles. The van der Waals surface area contributed by atoms with Gasteiger partial charge in [-0.15, -0.1) is 5.10 Å². The van der Waals surface area contributed by atoms with E-state index in [4.69, 9.17) is 0 Å². The second-order valence-corrected chi connectivity index (χ2v) is 6.08. The molecule has 1 saturated carbocycles. The van der Waals surface area contributed by atoms with E-state index in [2.05, 4.69) is 36.9 Å². The van der Waals surface area contributed by atoms with Crippen LogP contribution in [0.3, 0.4) is 0 Å². The Labute approximate surface area is 156 Å². The van der Waals surface area contributed by atoms with Gasteiger partial charge in [-0.25, -0.2) is 18.7 Å². The Morgan fingerprint density at radius 1 is 1.18 bits per heavy atom. The molecule has 6 nitrogen and oxygen atoms in total. The molecule has 0 atom stereocenters. The van der Waals surface area contributed by atoms with Crippen LogP contribution in [0.15, 0.2) is 40.8 Å². The molecular formula is C17H14F5N5O. The number of nitrogens with one attached hydrogen (secondary N) is 1. The number of benzene rings is 1. The van der Waals surface area contributed by atoms with Crippen LogP contribution in [0.1, 0.15) is 24.0 Å². The zero-order valence-electron chi connectivity index (χ0n) is 14.3. The predicted molar refractivity (Wildman–Crippen MR) is 91.0 cm³/mol. The summed E-state index contributed by atoms with van der Waals surface area (Å²) in [5, 5.41) is 9.62. The summed E-state index contributed by atoms with van der Waals surface area (Å²) in [6, 6.07) is 3.62. The van der Waals surface area contributed by atoms with Crippen molar-refractivity contribution in [2.24, 2.45) is 10.2 Å². The third kappa shape index (κ3) is 4.59. The van der Waals surface area contributed by atoms with Gasteiger partial charge in [-0.1, -0.05) is 6.07 Å². The average Bonchev–Trinajstić information content (AvgIpc) is 3.41. The van der Waals surface area contributed by atoms with Crippen molar-refractivity contribution in [2.75, 3.05) is 11.9 Å². The van der Waals surface area contributed by atoms with Crippen molar-refractivity contribution in [1.29, 1.82) is 0 Å². The molecule has 28 heavy (non-hydrogen) atoms. The fraction of sp³-hybridized carbons (Fsp3) is 0.294. The van der Waals surface area contributed by atoms with Gasteiger partial charge in [0.05, 0.1) is 11.1 Å². The molecule has 11 heteroatoms. The number of aromatic nitrogens is 2. The highest BCUT2D eigenvalue weighted by Gasteiger charge is 2.45. The molecule has 0 aliphatic heterocycles. The monoisotopic (exact) mass is 399 g/mol. The van der Waals surface area contributed by atoms with Gasteiger partial charge in [-0.3, -0.25) is 0 Å². The quantitative estimate of drug-likeness (QED) is 0.347. The first-order chi connectivity index (χ1) is 13.2. The first kappa shape index (κ1) is 19.6. The number of rotatable bonds is 6. The van der Waals surface area contributed by atoms with E-state index in [-0.39, 0.29) is 11.5 Å². The number of anilines is 1. The van der Waals surface area contributed by atoms with Gasteiger partial charge >= 0.3 is 6.18 Å². The van der Waals surface area contributed by atoms with E-state index in [0.29, 0.717) is 18.4 Å². The van der Waals surface area contributed by atoms with Crippen molar-refractivity contribution in [2.45, 2.75) is 24.6 Å². The van der Waals surface area contributed by atoms with Gasteiger partial charge in [0.1, 0.15) is 0 Å². The summed E-state index contributed by atoms with van der Waals surface area (Å²) >= 11 is 0. The van der Waals surface area contributed by atoms with Crippen LogP contribution < -0.4 is 5.32 Å². The molecule has 0 amide bonds. The van der Waals surface area contributed by atoms with E-state index in [1.807, 2.05) is 0 Å². The molecule has 0 bridgehead atoms. The Balaban J connectivity index is 1.74. The molecule has 1 fully saturated rings. The maximum atomic E-state index is 13.5. The summed E-state index contributed by atoms with van der Waals surface area (Å²) in [6.45, 7) is 1.53. The third-order valence-corrected chi connectivity index (χ3v) is 4.01. The van der Waals surface area contributed by atoms with Crippen molar-refractivity contribution in [3.8, 4) is 0 Å². The summed E-state index contributed by atoms with van der Waals surface area (Å²) in [7, 11) is 0. The minimum Gasteiger partial charge on any atom is -0.466 e. The van der Waals surface area contributed by atoms with Crippen molar-refractivity contribution in [3.05, 3.63) is 53.4 Å². The molecule has 0 unspecified atom stereocenters. The summed E-state index contributed by atoms with van der Waals surface area (Å²) < 4.78 is 68.2. The van der Waals surface area contributed by atoms with Gasteiger partial charge in [-0.05, 0) is 30.5 Å². The normalized spacial score (nSPS) is 15.8. The molecule has 0 spiro atoms. The third-order valence-electron chi connectivity index (χ3n) is 4.01. The Morgan fingerprint density at radius 3 is 2.39 bits per heavy atom. The minimum absolute atomic E-state index is 0.0693. The second kappa shape index (κ2) is 7.49. The summed E-state index contributed by atoms with van der Waals surface area (Å²) in [4.78, 5) is 8.05. The van der Waals surface area contributed by atoms with Crippen LogP contribution in [0.5, 0.6) is 0 Å². The van der Waals surface area contributed by atoms with Crippen LogP contribution in [0.2, 0.25) is 0 Å². The van der Waals surface area contributed by atoms with Crippen LogP contribution in [0, 0.1) is 11.6 Å². The topological polar surface area (TPSA) is 71.8 Å². The van der Waals surface area contributed by atoms with Crippen molar-refractivity contribution in [3.63, 3.8) is 0 Å². The Bertz CT molecular complexity index is 894. The number of nitrogens with zero attached hydrogens (tertiary/aromatic N) is 4. The largest absolute Gasteiger partial charge is 0.466 e. The van der Waals surface area contributed by atoms with Gasteiger partial charge in [-0.2, -0.15) is 18.3 Å². The first-order valence-corrected chi connectivity index (χ1v) is 8.02. The molecule has 1 aliphatic carbocycles. The van der Waals surface area contributed by atoms with E-state index < -0.39 is 35.9 Å². The molecule has 1 aliphatic rings. The van der Waals surface area contributed by atoms with E-state index in [9.17, 15) is 22.0 Å². The molecule has 1 N–H and O–H groups in total. The second-order valence-electron chi connectivity index (χ2n) is 6.08. The highest BCUT2D eigenvalue weighted by atomic mass is 19.4. The van der Waals surface area contributed by atoms with Crippen LogP contribution >= 0.6 is 0 Å². The number of alkyl halides is 3. The zero-order valence-corrected chi connectivity index (χ0v) is 14.3. The fourth-order valence-corrected chi connectivity index (χ4v) is 2.51. The fourth-order valence-electron chi connectivity index (χ4n) is 2.51. The highest BCUT2D eigenvalue weighted by Crippen LogP contribution is 2.48. The molecule has 1 aromatic carbocycles. The van der Waals surface area contributed by atoms with Crippen LogP contribution in [-0.4, -0.2) is 35.4 Å². The van der Waals surface area contributed by atoms with E-state index in [1.54, 1.807) is 0 Å². The first-order valence-electron chi connectivity index (χ1n) is 8.02. The molecular weight excluding hydrogens is 385 g/mol. The maximum absolute atomic E-state index is 13.5. The van der Waals surface area contributed by atoms with Gasteiger partial charge in [0, 0.05) is 19.1 Å². The van der Waals surface area contributed by atoms with Gasteiger partial charge in [0.2, 0.25) is 11.8 Å². The molecule has 3 rings (SSSR count). The van der Waals surface area contributed by atoms with E-state index >= 15 is 0 Å². The number of ether oxygens (including phenoxy) is 1. The van der Waals surface area contributed by atoms with Gasteiger partial charge in [0.25, 0.3) is 0 Å².